The minimum absolute atomic E-state index is 0.249. The van der Waals surface area contributed by atoms with Crippen LogP contribution >= 0.6 is 34.5 Å². The fraction of sp³-hybridized carbons (Fsp3) is 0.300. The first-order chi connectivity index (χ1) is 8.61. The highest BCUT2D eigenvalue weighted by atomic mass is 35.5. The summed E-state index contributed by atoms with van der Waals surface area (Å²) in [5.41, 5.74) is 0.305. The molecule has 0 fully saturated rings. The van der Waals surface area contributed by atoms with E-state index in [1.165, 1.54) is 17.7 Å². The van der Waals surface area contributed by atoms with Crippen molar-refractivity contribution in [1.82, 2.24) is 14.5 Å². The highest BCUT2D eigenvalue weighted by Gasteiger charge is 2.13. The van der Waals surface area contributed by atoms with E-state index in [4.69, 9.17) is 27.9 Å². The van der Waals surface area contributed by atoms with E-state index >= 15 is 0 Å². The summed E-state index contributed by atoms with van der Waals surface area (Å²) in [4.78, 5) is 19.5. The Morgan fingerprint density at radius 2 is 2.33 bits per heavy atom. The van der Waals surface area contributed by atoms with Crippen LogP contribution in [0.3, 0.4) is 0 Å². The Balaban J connectivity index is 2.11. The van der Waals surface area contributed by atoms with Gasteiger partial charge in [-0.25, -0.2) is 14.8 Å². The summed E-state index contributed by atoms with van der Waals surface area (Å²) in [6.07, 6.45) is 1.52. The number of hydrogen-bond donors (Lipinski definition) is 0. The van der Waals surface area contributed by atoms with Crippen LogP contribution in [0.2, 0.25) is 10.3 Å². The van der Waals surface area contributed by atoms with E-state index in [9.17, 15) is 4.79 Å². The fourth-order valence-corrected chi connectivity index (χ4v) is 2.35. The Morgan fingerprint density at radius 3 is 2.94 bits per heavy atom. The van der Waals surface area contributed by atoms with Gasteiger partial charge in [0.25, 0.3) is 0 Å². The fourth-order valence-electron chi connectivity index (χ4n) is 1.28. The van der Waals surface area contributed by atoms with Gasteiger partial charge in [-0.1, -0.05) is 23.2 Å². The van der Waals surface area contributed by atoms with Crippen molar-refractivity contribution in [3.8, 4) is 0 Å². The largest absolute Gasteiger partial charge is 0.461 e. The molecule has 0 spiro atoms. The molecule has 2 heterocycles. The topological polar surface area (TPSA) is 57.0 Å². The van der Waals surface area contributed by atoms with Gasteiger partial charge in [-0.2, -0.15) is 0 Å². The quantitative estimate of drug-likeness (QED) is 0.815. The van der Waals surface area contributed by atoms with E-state index in [-0.39, 0.29) is 5.15 Å². The maximum Gasteiger partial charge on any atom is 0.357 e. The monoisotopic (exact) mass is 305 g/mol. The lowest BCUT2D eigenvalue weighted by atomic mass is 10.5. The summed E-state index contributed by atoms with van der Waals surface area (Å²) in [7, 11) is 0. The van der Waals surface area contributed by atoms with Gasteiger partial charge in [-0.3, -0.25) is 0 Å². The third kappa shape index (κ3) is 2.82. The van der Waals surface area contributed by atoms with Crippen molar-refractivity contribution in [2.45, 2.75) is 13.5 Å². The third-order valence-electron chi connectivity index (χ3n) is 2.07. The molecule has 0 atom stereocenters. The molecular formula is C10H9Cl2N3O2S. The number of carbonyl (C=O) groups is 1. The van der Waals surface area contributed by atoms with Crippen molar-refractivity contribution in [2.75, 3.05) is 6.61 Å². The molecule has 0 N–H and O–H groups in total. The molecule has 0 saturated carbocycles. The van der Waals surface area contributed by atoms with Crippen LogP contribution in [0.25, 0.3) is 0 Å². The molecule has 0 bridgehead atoms. The summed E-state index contributed by atoms with van der Waals surface area (Å²) >= 11 is 13.0. The van der Waals surface area contributed by atoms with Gasteiger partial charge in [0.05, 0.1) is 19.5 Å². The smallest absolute Gasteiger partial charge is 0.357 e. The molecule has 8 heteroatoms. The minimum Gasteiger partial charge on any atom is -0.461 e. The Morgan fingerprint density at radius 1 is 1.56 bits per heavy atom. The molecule has 0 aliphatic heterocycles. The van der Waals surface area contributed by atoms with Crippen LogP contribution in [0.4, 0.5) is 0 Å². The molecular weight excluding hydrogens is 297 g/mol. The molecule has 0 unspecified atom stereocenters. The number of esters is 1. The second kappa shape index (κ2) is 5.69. The molecule has 5 nitrogen and oxygen atoms in total. The van der Waals surface area contributed by atoms with Crippen molar-refractivity contribution in [1.29, 1.82) is 0 Å². The number of nitrogens with zero attached hydrogens (tertiary/aromatic N) is 3. The van der Waals surface area contributed by atoms with Crippen molar-refractivity contribution in [3.63, 3.8) is 0 Å². The minimum atomic E-state index is -0.422. The van der Waals surface area contributed by atoms with Crippen LogP contribution in [0.15, 0.2) is 11.7 Å². The SMILES string of the molecule is CCOC(=O)c1csc(Cn2cnc(Cl)c2Cl)n1. The molecule has 0 amide bonds. The normalized spacial score (nSPS) is 10.6. The lowest BCUT2D eigenvalue weighted by Crippen LogP contribution is -2.05. The highest BCUT2D eigenvalue weighted by molar-refractivity contribution is 7.09. The van der Waals surface area contributed by atoms with Crippen LogP contribution in [0, 0.1) is 0 Å². The molecule has 0 aliphatic rings. The Kier molecular flexibility index (Phi) is 4.21. The van der Waals surface area contributed by atoms with Gasteiger partial charge in [-0.05, 0) is 6.92 Å². The molecule has 0 radical (unpaired) electrons. The number of ether oxygens (including phenoxy) is 1. The second-order valence-electron chi connectivity index (χ2n) is 3.30. The van der Waals surface area contributed by atoms with E-state index in [1.54, 1.807) is 16.9 Å². The molecule has 2 rings (SSSR count). The average molecular weight is 306 g/mol. The first-order valence-electron chi connectivity index (χ1n) is 5.09. The first-order valence-corrected chi connectivity index (χ1v) is 6.73. The van der Waals surface area contributed by atoms with Gasteiger partial charge in [0.1, 0.15) is 10.2 Å². The van der Waals surface area contributed by atoms with Crippen LogP contribution in [-0.4, -0.2) is 27.1 Å². The predicted octanol–water partition coefficient (Wildman–Crippen LogP) is 2.87. The Bertz CT molecular complexity index is 567. The van der Waals surface area contributed by atoms with Crippen LogP contribution in [0.1, 0.15) is 22.4 Å². The number of rotatable bonds is 4. The van der Waals surface area contributed by atoms with Gasteiger partial charge in [0.2, 0.25) is 0 Å². The summed E-state index contributed by atoms with van der Waals surface area (Å²) in [6.45, 7) is 2.50. The summed E-state index contributed by atoms with van der Waals surface area (Å²) in [5.74, 6) is -0.422. The van der Waals surface area contributed by atoms with E-state index in [1.807, 2.05) is 0 Å². The van der Waals surface area contributed by atoms with E-state index < -0.39 is 5.97 Å². The van der Waals surface area contributed by atoms with Gasteiger partial charge in [0, 0.05) is 5.38 Å². The van der Waals surface area contributed by atoms with Gasteiger partial charge in [0.15, 0.2) is 10.8 Å². The summed E-state index contributed by atoms with van der Waals surface area (Å²) in [6, 6.07) is 0. The first kappa shape index (κ1) is 13.3. The third-order valence-corrected chi connectivity index (χ3v) is 3.68. The van der Waals surface area contributed by atoms with Crippen LogP contribution in [-0.2, 0) is 11.3 Å². The highest BCUT2D eigenvalue weighted by Crippen LogP contribution is 2.21. The number of imidazole rings is 1. The van der Waals surface area contributed by atoms with Crippen molar-refractivity contribution in [2.24, 2.45) is 0 Å². The second-order valence-corrected chi connectivity index (χ2v) is 4.96. The zero-order valence-electron chi connectivity index (χ0n) is 9.39. The molecule has 0 aromatic carbocycles. The summed E-state index contributed by atoms with van der Waals surface area (Å²) in [5, 5.41) is 2.98. The van der Waals surface area contributed by atoms with E-state index in [0.29, 0.717) is 24.0 Å². The number of aromatic nitrogens is 3. The molecule has 2 aromatic heterocycles. The maximum absolute atomic E-state index is 11.4. The van der Waals surface area contributed by atoms with Gasteiger partial charge in [-0.15, -0.1) is 11.3 Å². The predicted molar refractivity (Wildman–Crippen MR) is 69.4 cm³/mol. The molecule has 18 heavy (non-hydrogen) atoms. The van der Waals surface area contributed by atoms with E-state index in [0.717, 1.165) is 5.01 Å². The zero-order valence-corrected chi connectivity index (χ0v) is 11.7. The molecule has 0 saturated heterocycles. The number of thiazole rings is 1. The van der Waals surface area contributed by atoms with Crippen molar-refractivity contribution < 1.29 is 9.53 Å². The molecule has 2 aromatic rings. The number of hydrogen-bond acceptors (Lipinski definition) is 5. The summed E-state index contributed by atoms with van der Waals surface area (Å²) < 4.78 is 6.51. The Labute approximate surface area is 117 Å². The molecule has 96 valence electrons. The lowest BCUT2D eigenvalue weighted by Gasteiger charge is -2.00. The molecule has 0 aliphatic carbocycles. The maximum atomic E-state index is 11.4. The van der Waals surface area contributed by atoms with Crippen molar-refractivity contribution in [3.05, 3.63) is 32.7 Å². The Hall–Kier alpha value is -1.11. The number of halogens is 2. The standard InChI is InChI=1S/C10H9Cl2N3O2S/c1-2-17-10(16)6-4-18-7(14-6)3-15-5-13-8(11)9(15)12/h4-5H,2-3H2,1H3. The zero-order chi connectivity index (χ0) is 13.1. The van der Waals surface area contributed by atoms with Gasteiger partial charge >= 0.3 is 5.97 Å². The van der Waals surface area contributed by atoms with Gasteiger partial charge < -0.3 is 9.30 Å². The van der Waals surface area contributed by atoms with Crippen LogP contribution in [0.5, 0.6) is 0 Å². The van der Waals surface area contributed by atoms with Crippen LogP contribution < -0.4 is 0 Å². The van der Waals surface area contributed by atoms with E-state index in [2.05, 4.69) is 9.97 Å². The number of carbonyl (C=O) groups excluding carboxylic acids is 1. The average Bonchev–Trinajstić information content (AvgIpc) is 2.92. The van der Waals surface area contributed by atoms with Crippen molar-refractivity contribution >= 4 is 40.5 Å². The lowest BCUT2D eigenvalue weighted by molar-refractivity contribution is 0.0520.